The highest BCUT2D eigenvalue weighted by molar-refractivity contribution is 5.06. The second-order valence-electron chi connectivity index (χ2n) is 4.58. The minimum absolute atomic E-state index is 0.485. The quantitative estimate of drug-likeness (QED) is 0.757. The van der Waals surface area contributed by atoms with Crippen LogP contribution in [0.4, 0.5) is 0 Å². The van der Waals surface area contributed by atoms with Crippen LogP contribution in [-0.2, 0) is 13.1 Å². The van der Waals surface area contributed by atoms with Crippen LogP contribution in [0, 0.1) is 5.92 Å². The van der Waals surface area contributed by atoms with Gasteiger partial charge >= 0.3 is 0 Å². The lowest BCUT2D eigenvalue weighted by molar-refractivity contribution is 0.209. The molecular weight excluding hydrogens is 212 g/mol. The average molecular weight is 238 g/mol. The summed E-state index contributed by atoms with van der Waals surface area (Å²) in [5.74, 6) is 2.69. The molecule has 0 radical (unpaired) electrons. The van der Waals surface area contributed by atoms with E-state index in [1.165, 1.54) is 12.8 Å². The molecule has 17 heavy (non-hydrogen) atoms. The Labute approximate surface area is 105 Å². The zero-order valence-electron chi connectivity index (χ0n) is 11.4. The highest BCUT2D eigenvalue weighted by atomic mass is 16.3. The Morgan fingerprint density at radius 1 is 1.18 bits per heavy atom. The van der Waals surface area contributed by atoms with Crippen molar-refractivity contribution in [3.05, 3.63) is 23.7 Å². The fourth-order valence-corrected chi connectivity index (χ4v) is 2.05. The molecule has 98 valence electrons. The van der Waals surface area contributed by atoms with Gasteiger partial charge in [-0.2, -0.15) is 0 Å². The second kappa shape index (κ2) is 7.51. The first kappa shape index (κ1) is 14.3. The van der Waals surface area contributed by atoms with Gasteiger partial charge in [-0.15, -0.1) is 0 Å². The molecule has 1 rings (SSSR count). The van der Waals surface area contributed by atoms with Gasteiger partial charge in [0.25, 0.3) is 0 Å². The standard InChI is InChI=1S/C14H26N2O/c1-4-12(5-2)10-16(6-3)11-14-8-7-13(9-15)17-14/h7-8,12H,4-6,9-11,15H2,1-3H3. The third-order valence-electron chi connectivity index (χ3n) is 3.42. The molecule has 1 heterocycles. The average Bonchev–Trinajstić information content (AvgIpc) is 2.82. The molecule has 0 aliphatic heterocycles. The number of nitrogens with zero attached hydrogens (tertiary/aromatic N) is 1. The Bertz CT molecular complexity index is 305. The van der Waals surface area contributed by atoms with Gasteiger partial charge in [0.2, 0.25) is 0 Å². The summed E-state index contributed by atoms with van der Waals surface area (Å²) in [4.78, 5) is 2.44. The minimum Gasteiger partial charge on any atom is -0.463 e. The maximum Gasteiger partial charge on any atom is 0.118 e. The van der Waals surface area contributed by atoms with E-state index in [1.54, 1.807) is 0 Å². The number of nitrogens with two attached hydrogens (primary N) is 1. The smallest absolute Gasteiger partial charge is 0.118 e. The predicted molar refractivity (Wildman–Crippen MR) is 71.6 cm³/mol. The van der Waals surface area contributed by atoms with E-state index in [2.05, 4.69) is 25.7 Å². The van der Waals surface area contributed by atoms with Crippen LogP contribution in [0.5, 0.6) is 0 Å². The largest absolute Gasteiger partial charge is 0.463 e. The van der Waals surface area contributed by atoms with Crippen molar-refractivity contribution >= 4 is 0 Å². The van der Waals surface area contributed by atoms with Crippen LogP contribution in [0.25, 0.3) is 0 Å². The molecule has 0 spiro atoms. The van der Waals surface area contributed by atoms with Crippen LogP contribution in [0.3, 0.4) is 0 Å². The molecule has 2 N–H and O–H groups in total. The molecule has 0 unspecified atom stereocenters. The number of furan rings is 1. The van der Waals surface area contributed by atoms with Crippen molar-refractivity contribution in [3.8, 4) is 0 Å². The van der Waals surface area contributed by atoms with Crippen LogP contribution in [-0.4, -0.2) is 18.0 Å². The van der Waals surface area contributed by atoms with E-state index in [0.29, 0.717) is 6.54 Å². The van der Waals surface area contributed by atoms with Gasteiger partial charge < -0.3 is 10.2 Å². The molecule has 0 aliphatic rings. The maximum absolute atomic E-state index is 5.65. The van der Waals surface area contributed by atoms with Crippen LogP contribution in [0.2, 0.25) is 0 Å². The third kappa shape index (κ3) is 4.52. The van der Waals surface area contributed by atoms with E-state index in [9.17, 15) is 0 Å². The molecule has 0 bridgehead atoms. The topological polar surface area (TPSA) is 42.4 Å². The maximum atomic E-state index is 5.65. The summed E-state index contributed by atoms with van der Waals surface area (Å²) in [6.07, 6.45) is 2.50. The van der Waals surface area contributed by atoms with Gasteiger partial charge in [-0.05, 0) is 24.6 Å². The molecule has 0 fully saturated rings. The molecule has 0 aliphatic carbocycles. The number of hydrogen-bond acceptors (Lipinski definition) is 3. The Hall–Kier alpha value is -0.800. The van der Waals surface area contributed by atoms with Gasteiger partial charge in [0.1, 0.15) is 11.5 Å². The van der Waals surface area contributed by atoms with Crippen LogP contribution >= 0.6 is 0 Å². The van der Waals surface area contributed by atoms with Gasteiger partial charge in [-0.25, -0.2) is 0 Å². The zero-order chi connectivity index (χ0) is 12.7. The van der Waals surface area contributed by atoms with E-state index in [4.69, 9.17) is 10.2 Å². The molecule has 0 amide bonds. The highest BCUT2D eigenvalue weighted by Gasteiger charge is 2.12. The molecule has 0 aromatic carbocycles. The van der Waals surface area contributed by atoms with Crippen LogP contribution < -0.4 is 5.73 Å². The van der Waals surface area contributed by atoms with Crippen molar-refractivity contribution in [2.45, 2.75) is 46.7 Å². The lowest BCUT2D eigenvalue weighted by Crippen LogP contribution is -2.28. The van der Waals surface area contributed by atoms with E-state index >= 15 is 0 Å². The Morgan fingerprint density at radius 2 is 1.82 bits per heavy atom. The Kier molecular flexibility index (Phi) is 6.30. The molecule has 3 nitrogen and oxygen atoms in total. The van der Waals surface area contributed by atoms with Gasteiger partial charge in [-0.1, -0.05) is 33.6 Å². The van der Waals surface area contributed by atoms with Crippen molar-refractivity contribution < 1.29 is 4.42 Å². The first-order valence-electron chi connectivity index (χ1n) is 6.73. The molecule has 1 aromatic heterocycles. The van der Waals surface area contributed by atoms with E-state index < -0.39 is 0 Å². The van der Waals surface area contributed by atoms with Crippen LogP contribution in [0.1, 0.15) is 45.1 Å². The summed E-state index contributed by atoms with van der Waals surface area (Å²) in [7, 11) is 0. The van der Waals surface area contributed by atoms with Crippen molar-refractivity contribution in [1.29, 1.82) is 0 Å². The van der Waals surface area contributed by atoms with Gasteiger partial charge in [0.15, 0.2) is 0 Å². The normalized spacial score (nSPS) is 11.6. The van der Waals surface area contributed by atoms with Gasteiger partial charge in [0, 0.05) is 6.54 Å². The monoisotopic (exact) mass is 238 g/mol. The van der Waals surface area contributed by atoms with E-state index in [1.807, 2.05) is 12.1 Å². The minimum atomic E-state index is 0.485. The number of hydrogen-bond donors (Lipinski definition) is 1. The molecule has 1 aromatic rings. The molecular formula is C14H26N2O. The van der Waals surface area contributed by atoms with E-state index in [0.717, 1.165) is 37.1 Å². The lowest BCUT2D eigenvalue weighted by atomic mass is 10.0. The highest BCUT2D eigenvalue weighted by Crippen LogP contribution is 2.14. The first-order valence-corrected chi connectivity index (χ1v) is 6.73. The zero-order valence-corrected chi connectivity index (χ0v) is 11.4. The Morgan fingerprint density at radius 3 is 2.29 bits per heavy atom. The second-order valence-corrected chi connectivity index (χ2v) is 4.58. The molecule has 0 saturated carbocycles. The van der Waals surface area contributed by atoms with E-state index in [-0.39, 0.29) is 0 Å². The fourth-order valence-electron chi connectivity index (χ4n) is 2.05. The summed E-state index contributed by atoms with van der Waals surface area (Å²) >= 11 is 0. The van der Waals surface area contributed by atoms with Crippen molar-refractivity contribution in [3.63, 3.8) is 0 Å². The summed E-state index contributed by atoms with van der Waals surface area (Å²) in [5.41, 5.74) is 5.54. The third-order valence-corrected chi connectivity index (χ3v) is 3.42. The first-order chi connectivity index (χ1) is 8.23. The van der Waals surface area contributed by atoms with Gasteiger partial charge in [0.05, 0.1) is 13.1 Å². The molecule has 0 atom stereocenters. The number of rotatable bonds is 8. The molecule has 0 saturated heterocycles. The summed E-state index contributed by atoms with van der Waals surface area (Å²) in [6.45, 7) is 10.3. The Balaban J connectivity index is 2.50. The van der Waals surface area contributed by atoms with Gasteiger partial charge in [-0.3, -0.25) is 4.90 Å². The SMILES string of the molecule is CCC(CC)CN(CC)Cc1ccc(CN)o1. The predicted octanol–water partition coefficient (Wildman–Crippen LogP) is 3.00. The van der Waals surface area contributed by atoms with Crippen molar-refractivity contribution in [2.75, 3.05) is 13.1 Å². The van der Waals surface area contributed by atoms with Crippen molar-refractivity contribution in [1.82, 2.24) is 4.90 Å². The lowest BCUT2D eigenvalue weighted by Gasteiger charge is -2.24. The summed E-state index contributed by atoms with van der Waals surface area (Å²) < 4.78 is 5.65. The summed E-state index contributed by atoms with van der Waals surface area (Å²) in [5, 5.41) is 0. The summed E-state index contributed by atoms with van der Waals surface area (Å²) in [6, 6.07) is 4.01. The van der Waals surface area contributed by atoms with Crippen molar-refractivity contribution in [2.24, 2.45) is 11.7 Å². The molecule has 3 heteroatoms. The fraction of sp³-hybridized carbons (Fsp3) is 0.714. The van der Waals surface area contributed by atoms with Crippen LogP contribution in [0.15, 0.2) is 16.5 Å².